The molecular weight excluding hydrogens is 162 g/mol. The van der Waals surface area contributed by atoms with Crippen LogP contribution < -0.4 is 10.6 Å². The highest BCUT2D eigenvalue weighted by Gasteiger charge is 1.99. The SMILES string of the molecule is CNCC(C)CNc1ccccn1. The lowest BCUT2D eigenvalue weighted by Crippen LogP contribution is -2.23. The van der Waals surface area contributed by atoms with Gasteiger partial charge in [0.15, 0.2) is 0 Å². The molecule has 0 saturated carbocycles. The monoisotopic (exact) mass is 179 g/mol. The van der Waals surface area contributed by atoms with E-state index < -0.39 is 0 Å². The minimum Gasteiger partial charge on any atom is -0.370 e. The molecule has 1 rings (SSSR count). The van der Waals surface area contributed by atoms with E-state index in [1.807, 2.05) is 25.2 Å². The number of hydrogen-bond acceptors (Lipinski definition) is 3. The van der Waals surface area contributed by atoms with E-state index in [-0.39, 0.29) is 0 Å². The van der Waals surface area contributed by atoms with Gasteiger partial charge in [-0.1, -0.05) is 13.0 Å². The minimum absolute atomic E-state index is 0.618. The summed E-state index contributed by atoms with van der Waals surface area (Å²) in [7, 11) is 1.97. The van der Waals surface area contributed by atoms with Crippen molar-refractivity contribution in [3.8, 4) is 0 Å². The number of nitrogens with one attached hydrogen (secondary N) is 2. The minimum atomic E-state index is 0.618. The fraction of sp³-hybridized carbons (Fsp3) is 0.500. The molecule has 3 nitrogen and oxygen atoms in total. The summed E-state index contributed by atoms with van der Waals surface area (Å²) < 4.78 is 0. The van der Waals surface area contributed by atoms with Crippen molar-refractivity contribution in [1.82, 2.24) is 10.3 Å². The van der Waals surface area contributed by atoms with Crippen molar-refractivity contribution in [3.05, 3.63) is 24.4 Å². The molecule has 0 fully saturated rings. The lowest BCUT2D eigenvalue weighted by Gasteiger charge is -2.11. The zero-order chi connectivity index (χ0) is 9.52. The Morgan fingerprint density at radius 1 is 1.38 bits per heavy atom. The molecule has 0 aliphatic rings. The largest absolute Gasteiger partial charge is 0.370 e. The highest BCUT2D eigenvalue weighted by Crippen LogP contribution is 2.01. The van der Waals surface area contributed by atoms with Crippen LogP contribution in [0.25, 0.3) is 0 Å². The molecule has 72 valence electrons. The van der Waals surface area contributed by atoms with E-state index in [9.17, 15) is 0 Å². The zero-order valence-electron chi connectivity index (χ0n) is 8.25. The van der Waals surface area contributed by atoms with Crippen LogP contribution in [0, 0.1) is 5.92 Å². The first kappa shape index (κ1) is 9.99. The normalized spacial score (nSPS) is 12.5. The molecule has 0 amide bonds. The topological polar surface area (TPSA) is 37.0 Å². The van der Waals surface area contributed by atoms with Crippen molar-refractivity contribution in [2.75, 3.05) is 25.5 Å². The van der Waals surface area contributed by atoms with Gasteiger partial charge >= 0.3 is 0 Å². The van der Waals surface area contributed by atoms with E-state index in [1.54, 1.807) is 6.20 Å². The summed E-state index contributed by atoms with van der Waals surface area (Å²) in [4.78, 5) is 4.18. The second-order valence-corrected chi connectivity index (χ2v) is 3.26. The molecule has 0 spiro atoms. The maximum atomic E-state index is 4.18. The number of anilines is 1. The predicted octanol–water partition coefficient (Wildman–Crippen LogP) is 1.35. The second kappa shape index (κ2) is 5.54. The smallest absolute Gasteiger partial charge is 0.125 e. The summed E-state index contributed by atoms with van der Waals surface area (Å²) in [6.45, 7) is 4.18. The van der Waals surface area contributed by atoms with Crippen molar-refractivity contribution in [2.45, 2.75) is 6.92 Å². The second-order valence-electron chi connectivity index (χ2n) is 3.26. The first-order valence-electron chi connectivity index (χ1n) is 4.62. The predicted molar refractivity (Wildman–Crippen MR) is 55.8 cm³/mol. The van der Waals surface area contributed by atoms with Crippen LogP contribution in [0.2, 0.25) is 0 Å². The quantitative estimate of drug-likeness (QED) is 0.716. The highest BCUT2D eigenvalue weighted by atomic mass is 15.0. The van der Waals surface area contributed by atoms with Gasteiger partial charge in [0.05, 0.1) is 0 Å². The first-order valence-corrected chi connectivity index (χ1v) is 4.62. The number of hydrogen-bond donors (Lipinski definition) is 2. The summed E-state index contributed by atoms with van der Waals surface area (Å²) >= 11 is 0. The van der Waals surface area contributed by atoms with E-state index >= 15 is 0 Å². The summed E-state index contributed by atoms with van der Waals surface area (Å²) in [5.41, 5.74) is 0. The van der Waals surface area contributed by atoms with Gasteiger partial charge < -0.3 is 10.6 Å². The van der Waals surface area contributed by atoms with Crippen molar-refractivity contribution in [1.29, 1.82) is 0 Å². The lowest BCUT2D eigenvalue weighted by molar-refractivity contribution is 0.569. The van der Waals surface area contributed by atoms with Gasteiger partial charge in [-0.15, -0.1) is 0 Å². The van der Waals surface area contributed by atoms with Gasteiger partial charge in [-0.2, -0.15) is 0 Å². The van der Waals surface area contributed by atoms with Gasteiger partial charge in [-0.25, -0.2) is 4.98 Å². The Balaban J connectivity index is 2.27. The number of pyridine rings is 1. The number of aromatic nitrogens is 1. The molecule has 0 bridgehead atoms. The van der Waals surface area contributed by atoms with Crippen molar-refractivity contribution in [3.63, 3.8) is 0 Å². The standard InChI is InChI=1S/C10H17N3/c1-9(7-11-2)8-13-10-5-3-4-6-12-10/h3-6,9,11H,7-8H2,1-2H3,(H,12,13). The van der Waals surface area contributed by atoms with Crippen LogP contribution in [-0.2, 0) is 0 Å². The van der Waals surface area contributed by atoms with Crippen LogP contribution in [-0.4, -0.2) is 25.1 Å². The van der Waals surface area contributed by atoms with E-state index in [4.69, 9.17) is 0 Å². The van der Waals surface area contributed by atoms with Gasteiger partial charge in [-0.3, -0.25) is 0 Å². The van der Waals surface area contributed by atoms with E-state index in [0.717, 1.165) is 18.9 Å². The molecule has 3 heteroatoms. The summed E-state index contributed by atoms with van der Waals surface area (Å²) in [5.74, 6) is 1.57. The Morgan fingerprint density at radius 2 is 2.23 bits per heavy atom. The van der Waals surface area contributed by atoms with Crippen molar-refractivity contribution in [2.24, 2.45) is 5.92 Å². The first-order chi connectivity index (χ1) is 6.33. The Kier molecular flexibility index (Phi) is 4.26. The molecule has 1 heterocycles. The number of rotatable bonds is 5. The lowest BCUT2D eigenvalue weighted by atomic mass is 10.2. The van der Waals surface area contributed by atoms with Crippen molar-refractivity contribution >= 4 is 5.82 Å². The van der Waals surface area contributed by atoms with Crippen molar-refractivity contribution < 1.29 is 0 Å². The molecule has 1 aromatic heterocycles. The van der Waals surface area contributed by atoms with Gasteiger partial charge in [0.25, 0.3) is 0 Å². The summed E-state index contributed by atoms with van der Waals surface area (Å²) in [6.07, 6.45) is 1.80. The van der Waals surface area contributed by atoms with Crippen LogP contribution in [0.15, 0.2) is 24.4 Å². The average Bonchev–Trinajstić information content (AvgIpc) is 2.17. The van der Waals surface area contributed by atoms with Crippen LogP contribution >= 0.6 is 0 Å². The van der Waals surface area contributed by atoms with Gasteiger partial charge in [0.1, 0.15) is 5.82 Å². The molecule has 1 unspecified atom stereocenters. The van der Waals surface area contributed by atoms with Crippen LogP contribution in [0.4, 0.5) is 5.82 Å². The third-order valence-electron chi connectivity index (χ3n) is 1.85. The maximum absolute atomic E-state index is 4.18. The Hall–Kier alpha value is -1.09. The third kappa shape index (κ3) is 3.90. The zero-order valence-corrected chi connectivity index (χ0v) is 8.25. The van der Waals surface area contributed by atoms with Gasteiger partial charge in [0.2, 0.25) is 0 Å². The number of nitrogens with zero attached hydrogens (tertiary/aromatic N) is 1. The molecule has 2 N–H and O–H groups in total. The highest BCUT2D eigenvalue weighted by molar-refractivity contribution is 5.32. The van der Waals surface area contributed by atoms with Crippen LogP contribution in [0.3, 0.4) is 0 Å². The summed E-state index contributed by atoms with van der Waals surface area (Å²) in [6, 6.07) is 5.88. The third-order valence-corrected chi connectivity index (χ3v) is 1.85. The van der Waals surface area contributed by atoms with E-state index in [0.29, 0.717) is 5.92 Å². The fourth-order valence-electron chi connectivity index (χ4n) is 1.17. The fourth-order valence-corrected chi connectivity index (χ4v) is 1.17. The van der Waals surface area contributed by atoms with Crippen LogP contribution in [0.1, 0.15) is 6.92 Å². The van der Waals surface area contributed by atoms with E-state index in [1.165, 1.54) is 0 Å². The molecule has 0 aliphatic carbocycles. The molecular formula is C10H17N3. The van der Waals surface area contributed by atoms with Gasteiger partial charge in [-0.05, 0) is 31.6 Å². The Bertz CT molecular complexity index is 223. The maximum Gasteiger partial charge on any atom is 0.125 e. The molecule has 0 saturated heterocycles. The van der Waals surface area contributed by atoms with Crippen LogP contribution in [0.5, 0.6) is 0 Å². The average molecular weight is 179 g/mol. The molecule has 13 heavy (non-hydrogen) atoms. The van der Waals surface area contributed by atoms with Gasteiger partial charge in [0, 0.05) is 12.7 Å². The Morgan fingerprint density at radius 3 is 2.85 bits per heavy atom. The molecule has 1 atom stereocenters. The molecule has 0 aromatic carbocycles. The van der Waals surface area contributed by atoms with E-state index in [2.05, 4.69) is 22.5 Å². The molecule has 1 aromatic rings. The Labute approximate surface area is 79.6 Å². The molecule has 0 aliphatic heterocycles. The summed E-state index contributed by atoms with van der Waals surface area (Å²) in [5, 5.41) is 6.42. The molecule has 0 radical (unpaired) electrons.